The number of rotatable bonds is 7. The van der Waals surface area contributed by atoms with Crippen LogP contribution in [0.5, 0.6) is 17.2 Å². The first kappa shape index (κ1) is 19.1. The maximum atomic E-state index is 12.2. The van der Waals surface area contributed by atoms with Crippen molar-refractivity contribution in [3.8, 4) is 17.2 Å². The number of nitrogens with one attached hydrogen (secondary N) is 1. The number of carbonyl (C=O) groups is 2. The second-order valence-electron chi connectivity index (χ2n) is 5.66. The highest BCUT2D eigenvalue weighted by atomic mass is 16.5. The highest BCUT2D eigenvalue weighted by Crippen LogP contribution is 2.33. The van der Waals surface area contributed by atoms with Gasteiger partial charge in [0.15, 0.2) is 18.1 Å². The van der Waals surface area contributed by atoms with Crippen molar-refractivity contribution < 1.29 is 28.9 Å². The molecule has 7 nitrogen and oxygen atoms in total. The van der Waals surface area contributed by atoms with Gasteiger partial charge in [-0.05, 0) is 25.5 Å². The third-order valence-electron chi connectivity index (χ3n) is 3.72. The summed E-state index contributed by atoms with van der Waals surface area (Å²) in [6.45, 7) is 3.60. The van der Waals surface area contributed by atoms with E-state index in [1.165, 1.54) is 26.4 Å². The zero-order valence-electron chi connectivity index (χ0n) is 15.1. The molecule has 0 spiro atoms. The first-order valence-electron chi connectivity index (χ1n) is 7.85. The van der Waals surface area contributed by atoms with Gasteiger partial charge < -0.3 is 24.6 Å². The predicted octanol–water partition coefficient (Wildman–Crippen LogP) is 3.04. The summed E-state index contributed by atoms with van der Waals surface area (Å²) in [5, 5.41) is 11.9. The molecular weight excluding hydrogens is 338 g/mol. The van der Waals surface area contributed by atoms with Gasteiger partial charge in [-0.1, -0.05) is 17.7 Å². The van der Waals surface area contributed by atoms with Gasteiger partial charge in [0.2, 0.25) is 0 Å². The molecule has 7 heteroatoms. The van der Waals surface area contributed by atoms with E-state index in [0.717, 1.165) is 11.1 Å². The van der Waals surface area contributed by atoms with Gasteiger partial charge in [-0.25, -0.2) is 4.79 Å². The largest absolute Gasteiger partial charge is 0.493 e. The third kappa shape index (κ3) is 4.44. The van der Waals surface area contributed by atoms with Crippen LogP contribution in [0.25, 0.3) is 0 Å². The van der Waals surface area contributed by atoms with Crippen LogP contribution in [0.2, 0.25) is 0 Å². The molecule has 0 atom stereocenters. The van der Waals surface area contributed by atoms with Gasteiger partial charge in [-0.15, -0.1) is 0 Å². The number of carbonyl (C=O) groups excluding carboxylic acids is 1. The quantitative estimate of drug-likeness (QED) is 0.789. The lowest BCUT2D eigenvalue weighted by Gasteiger charge is -2.14. The van der Waals surface area contributed by atoms with Gasteiger partial charge in [0.1, 0.15) is 5.75 Å². The van der Waals surface area contributed by atoms with Crippen molar-refractivity contribution in [1.29, 1.82) is 0 Å². The smallest absolute Gasteiger partial charge is 0.337 e. The van der Waals surface area contributed by atoms with E-state index < -0.39 is 11.9 Å². The molecule has 0 aliphatic rings. The predicted molar refractivity (Wildman–Crippen MR) is 96.5 cm³/mol. The second kappa shape index (κ2) is 8.24. The van der Waals surface area contributed by atoms with E-state index in [0.29, 0.717) is 11.5 Å². The number of aromatic carboxylic acids is 1. The first-order valence-corrected chi connectivity index (χ1v) is 7.85. The minimum Gasteiger partial charge on any atom is -0.493 e. The molecule has 0 bridgehead atoms. The molecule has 0 aliphatic heterocycles. The zero-order chi connectivity index (χ0) is 19.3. The number of carboxylic acids is 1. The molecule has 0 radical (unpaired) electrons. The fourth-order valence-corrected chi connectivity index (χ4v) is 2.45. The van der Waals surface area contributed by atoms with Crippen molar-refractivity contribution in [3.63, 3.8) is 0 Å². The van der Waals surface area contributed by atoms with Crippen LogP contribution in [-0.2, 0) is 4.79 Å². The fraction of sp³-hybridized carbons (Fsp3) is 0.263. The van der Waals surface area contributed by atoms with Crippen LogP contribution in [-0.4, -0.2) is 37.8 Å². The number of methoxy groups -OCH3 is 2. The van der Waals surface area contributed by atoms with Crippen LogP contribution >= 0.6 is 0 Å². The number of hydrogen-bond donors (Lipinski definition) is 2. The number of amides is 1. The molecule has 26 heavy (non-hydrogen) atoms. The van der Waals surface area contributed by atoms with Gasteiger partial charge in [-0.2, -0.15) is 0 Å². The number of carboxylic acid groups (broad SMARTS) is 1. The number of benzene rings is 2. The third-order valence-corrected chi connectivity index (χ3v) is 3.72. The SMILES string of the molecule is COc1cc(NC(=O)COc2ccc(C)cc2C)c(C(=O)O)cc1OC. The van der Waals surface area contributed by atoms with Gasteiger partial charge in [0, 0.05) is 12.1 Å². The summed E-state index contributed by atoms with van der Waals surface area (Å²) in [5.41, 5.74) is 2.00. The Hall–Kier alpha value is -3.22. The highest BCUT2D eigenvalue weighted by molar-refractivity contribution is 6.01. The van der Waals surface area contributed by atoms with Gasteiger partial charge in [-0.3, -0.25) is 4.79 Å². The van der Waals surface area contributed by atoms with Gasteiger partial charge in [0.05, 0.1) is 25.5 Å². The Labute approximate surface area is 151 Å². The average Bonchev–Trinajstić information content (AvgIpc) is 2.60. The van der Waals surface area contributed by atoms with Crippen molar-refractivity contribution >= 4 is 17.6 Å². The van der Waals surface area contributed by atoms with Crippen molar-refractivity contribution in [2.75, 3.05) is 26.1 Å². The molecular formula is C19H21NO6. The summed E-state index contributed by atoms with van der Waals surface area (Å²) in [6, 6.07) is 8.32. The zero-order valence-corrected chi connectivity index (χ0v) is 15.1. The normalized spacial score (nSPS) is 10.2. The topological polar surface area (TPSA) is 94.1 Å². The molecule has 0 fully saturated rings. The monoisotopic (exact) mass is 359 g/mol. The number of hydrogen-bond acceptors (Lipinski definition) is 5. The van der Waals surface area contributed by atoms with E-state index in [9.17, 15) is 14.7 Å². The van der Waals surface area contributed by atoms with Crippen LogP contribution in [0.15, 0.2) is 30.3 Å². The van der Waals surface area contributed by atoms with E-state index in [1.54, 1.807) is 6.07 Å². The molecule has 138 valence electrons. The highest BCUT2D eigenvalue weighted by Gasteiger charge is 2.18. The van der Waals surface area contributed by atoms with Crippen LogP contribution in [0.1, 0.15) is 21.5 Å². The van der Waals surface area contributed by atoms with Crippen molar-refractivity contribution in [2.45, 2.75) is 13.8 Å². The van der Waals surface area contributed by atoms with Crippen molar-refractivity contribution in [3.05, 3.63) is 47.0 Å². The first-order chi connectivity index (χ1) is 12.3. The Morgan fingerprint density at radius 2 is 1.65 bits per heavy atom. The lowest BCUT2D eigenvalue weighted by atomic mass is 10.1. The van der Waals surface area contributed by atoms with Crippen LogP contribution in [0.4, 0.5) is 5.69 Å². The molecule has 2 aromatic carbocycles. The van der Waals surface area contributed by atoms with Gasteiger partial charge >= 0.3 is 5.97 Å². The maximum absolute atomic E-state index is 12.2. The lowest BCUT2D eigenvalue weighted by Crippen LogP contribution is -2.22. The fourth-order valence-electron chi connectivity index (χ4n) is 2.45. The summed E-state index contributed by atoms with van der Waals surface area (Å²) in [4.78, 5) is 23.6. The molecule has 0 saturated carbocycles. The van der Waals surface area contributed by atoms with E-state index in [1.807, 2.05) is 26.0 Å². The Bertz CT molecular complexity index is 831. The molecule has 0 aromatic heterocycles. The lowest BCUT2D eigenvalue weighted by molar-refractivity contribution is -0.118. The summed E-state index contributed by atoms with van der Waals surface area (Å²) >= 11 is 0. The number of ether oxygens (including phenoxy) is 3. The van der Waals surface area contributed by atoms with Crippen molar-refractivity contribution in [2.24, 2.45) is 0 Å². The van der Waals surface area contributed by atoms with E-state index in [2.05, 4.69) is 5.32 Å². The van der Waals surface area contributed by atoms with E-state index >= 15 is 0 Å². The standard InChI is InChI=1S/C19H21NO6/c1-11-5-6-15(12(2)7-11)26-10-18(21)20-14-9-17(25-4)16(24-3)8-13(14)19(22)23/h5-9H,10H2,1-4H3,(H,20,21)(H,22,23). The van der Waals surface area contributed by atoms with E-state index in [-0.39, 0.29) is 23.6 Å². The molecule has 0 heterocycles. The Kier molecular flexibility index (Phi) is 6.06. The van der Waals surface area contributed by atoms with Crippen molar-refractivity contribution in [1.82, 2.24) is 0 Å². The summed E-state index contributed by atoms with van der Waals surface area (Å²) in [6.07, 6.45) is 0. The maximum Gasteiger partial charge on any atom is 0.337 e. The van der Waals surface area contributed by atoms with Gasteiger partial charge in [0.25, 0.3) is 5.91 Å². The number of aryl methyl sites for hydroxylation is 2. The molecule has 1 amide bonds. The molecule has 2 aromatic rings. The minimum atomic E-state index is -1.20. The Balaban J connectivity index is 2.16. The second-order valence-corrected chi connectivity index (χ2v) is 5.66. The number of anilines is 1. The summed E-state index contributed by atoms with van der Waals surface area (Å²) in [7, 11) is 2.83. The molecule has 2 rings (SSSR count). The molecule has 2 N–H and O–H groups in total. The summed E-state index contributed by atoms with van der Waals surface area (Å²) < 4.78 is 15.8. The Morgan fingerprint density at radius 1 is 1.00 bits per heavy atom. The van der Waals surface area contributed by atoms with Crippen LogP contribution < -0.4 is 19.5 Å². The summed E-state index contributed by atoms with van der Waals surface area (Å²) in [5.74, 6) is -0.523. The average molecular weight is 359 g/mol. The Morgan fingerprint density at radius 3 is 2.23 bits per heavy atom. The molecule has 0 saturated heterocycles. The van der Waals surface area contributed by atoms with Crippen LogP contribution in [0, 0.1) is 13.8 Å². The molecule has 0 aliphatic carbocycles. The molecule has 0 unspecified atom stereocenters. The van der Waals surface area contributed by atoms with E-state index in [4.69, 9.17) is 14.2 Å². The minimum absolute atomic E-state index is 0.101. The van der Waals surface area contributed by atoms with Crippen LogP contribution in [0.3, 0.4) is 0 Å².